The maximum atomic E-state index is 11.1. The quantitative estimate of drug-likeness (QED) is 0.642. The molecule has 4 nitrogen and oxygen atoms in total. The molecular formula is C14H15ClN2O2S. The summed E-state index contributed by atoms with van der Waals surface area (Å²) >= 11 is 7.74. The van der Waals surface area contributed by atoms with Gasteiger partial charge in [-0.25, -0.2) is 0 Å². The number of nitro benzene ring substituents is 1. The summed E-state index contributed by atoms with van der Waals surface area (Å²) in [6.45, 7) is 2.79. The summed E-state index contributed by atoms with van der Waals surface area (Å²) in [6, 6.07) is 8.68. The molecule has 106 valence electrons. The van der Waals surface area contributed by atoms with Crippen molar-refractivity contribution in [3.63, 3.8) is 0 Å². The van der Waals surface area contributed by atoms with E-state index in [1.807, 2.05) is 24.4 Å². The van der Waals surface area contributed by atoms with Crippen LogP contribution in [-0.4, -0.2) is 11.5 Å². The van der Waals surface area contributed by atoms with Gasteiger partial charge in [-0.1, -0.05) is 36.7 Å². The van der Waals surface area contributed by atoms with Crippen molar-refractivity contribution >= 4 is 28.6 Å². The Bertz CT molecular complexity index is 600. The number of nitro groups is 1. The summed E-state index contributed by atoms with van der Waals surface area (Å²) in [7, 11) is 0. The van der Waals surface area contributed by atoms with Crippen molar-refractivity contribution in [2.24, 2.45) is 0 Å². The van der Waals surface area contributed by atoms with Gasteiger partial charge in [0.1, 0.15) is 0 Å². The van der Waals surface area contributed by atoms with Crippen LogP contribution >= 0.6 is 22.9 Å². The SMILES string of the molecule is CCNC(Cc1ccccc1[N+](=O)[O-])c1sccc1Cl. The molecule has 1 N–H and O–H groups in total. The second kappa shape index (κ2) is 6.83. The number of likely N-dealkylation sites (N-methyl/N-ethyl adjacent to an activating group) is 1. The molecule has 0 amide bonds. The molecule has 0 aliphatic rings. The van der Waals surface area contributed by atoms with Crippen LogP contribution in [0, 0.1) is 10.1 Å². The minimum Gasteiger partial charge on any atom is -0.309 e. The summed E-state index contributed by atoms with van der Waals surface area (Å²) in [5.74, 6) is 0. The molecular weight excluding hydrogens is 296 g/mol. The second-order valence-electron chi connectivity index (χ2n) is 4.33. The lowest BCUT2D eigenvalue weighted by Gasteiger charge is -2.17. The first-order valence-corrected chi connectivity index (χ1v) is 7.57. The topological polar surface area (TPSA) is 55.2 Å². The summed E-state index contributed by atoms with van der Waals surface area (Å²) in [5, 5.41) is 17.1. The molecule has 1 unspecified atom stereocenters. The Hall–Kier alpha value is -1.43. The van der Waals surface area contributed by atoms with Crippen LogP contribution in [0.3, 0.4) is 0 Å². The molecule has 1 atom stereocenters. The highest BCUT2D eigenvalue weighted by Crippen LogP contribution is 2.32. The van der Waals surface area contributed by atoms with Crippen LogP contribution in [0.1, 0.15) is 23.4 Å². The van der Waals surface area contributed by atoms with E-state index >= 15 is 0 Å². The first-order valence-electron chi connectivity index (χ1n) is 6.32. The lowest BCUT2D eigenvalue weighted by atomic mass is 10.0. The van der Waals surface area contributed by atoms with E-state index < -0.39 is 0 Å². The minimum atomic E-state index is -0.339. The third-order valence-corrected chi connectivity index (χ3v) is 4.50. The van der Waals surface area contributed by atoms with Crippen LogP contribution in [-0.2, 0) is 6.42 Å². The molecule has 0 radical (unpaired) electrons. The van der Waals surface area contributed by atoms with Gasteiger partial charge in [-0.05, 0) is 24.4 Å². The maximum absolute atomic E-state index is 11.1. The van der Waals surface area contributed by atoms with Crippen molar-refractivity contribution in [1.82, 2.24) is 5.32 Å². The van der Waals surface area contributed by atoms with E-state index in [2.05, 4.69) is 5.32 Å². The van der Waals surface area contributed by atoms with Gasteiger partial charge in [0.05, 0.1) is 9.95 Å². The zero-order chi connectivity index (χ0) is 14.5. The van der Waals surface area contributed by atoms with Crippen LogP contribution < -0.4 is 5.32 Å². The Labute approximate surface area is 126 Å². The number of thiophene rings is 1. The molecule has 0 saturated heterocycles. The van der Waals surface area contributed by atoms with Crippen molar-refractivity contribution < 1.29 is 4.92 Å². The zero-order valence-electron chi connectivity index (χ0n) is 11.0. The lowest BCUT2D eigenvalue weighted by molar-refractivity contribution is -0.385. The molecule has 2 rings (SSSR count). The van der Waals surface area contributed by atoms with Crippen molar-refractivity contribution in [2.75, 3.05) is 6.54 Å². The average molecular weight is 311 g/mol. The largest absolute Gasteiger partial charge is 0.309 e. The smallest absolute Gasteiger partial charge is 0.272 e. The molecule has 1 aromatic carbocycles. The molecule has 0 spiro atoms. The highest BCUT2D eigenvalue weighted by molar-refractivity contribution is 7.10. The van der Waals surface area contributed by atoms with Gasteiger partial charge in [-0.2, -0.15) is 0 Å². The third kappa shape index (κ3) is 3.36. The Morgan fingerprint density at radius 2 is 2.15 bits per heavy atom. The van der Waals surface area contributed by atoms with Crippen molar-refractivity contribution in [3.05, 3.63) is 61.3 Å². The number of nitrogens with zero attached hydrogens (tertiary/aromatic N) is 1. The third-order valence-electron chi connectivity index (χ3n) is 3.02. The van der Waals surface area contributed by atoms with E-state index in [0.717, 1.165) is 11.4 Å². The van der Waals surface area contributed by atoms with E-state index in [1.165, 1.54) is 6.07 Å². The molecule has 2 aromatic rings. The lowest BCUT2D eigenvalue weighted by Crippen LogP contribution is -2.22. The van der Waals surface area contributed by atoms with Gasteiger partial charge in [0, 0.05) is 22.5 Å². The van der Waals surface area contributed by atoms with E-state index in [9.17, 15) is 10.1 Å². The maximum Gasteiger partial charge on any atom is 0.272 e. The second-order valence-corrected chi connectivity index (χ2v) is 5.69. The first kappa shape index (κ1) is 15.0. The molecule has 0 bridgehead atoms. The van der Waals surface area contributed by atoms with Gasteiger partial charge in [-0.3, -0.25) is 10.1 Å². The number of hydrogen-bond acceptors (Lipinski definition) is 4. The van der Waals surface area contributed by atoms with Crippen LogP contribution in [0.4, 0.5) is 5.69 Å². The van der Waals surface area contributed by atoms with E-state index in [-0.39, 0.29) is 16.7 Å². The van der Waals surface area contributed by atoms with E-state index in [1.54, 1.807) is 23.5 Å². The van der Waals surface area contributed by atoms with Crippen LogP contribution in [0.15, 0.2) is 35.7 Å². The van der Waals surface area contributed by atoms with Gasteiger partial charge in [0.25, 0.3) is 5.69 Å². The van der Waals surface area contributed by atoms with Crippen LogP contribution in [0.5, 0.6) is 0 Å². The summed E-state index contributed by atoms with van der Waals surface area (Å²) in [6.07, 6.45) is 0.547. The number of halogens is 1. The Morgan fingerprint density at radius 1 is 1.40 bits per heavy atom. The van der Waals surface area contributed by atoms with Gasteiger partial charge < -0.3 is 5.32 Å². The van der Waals surface area contributed by atoms with Crippen LogP contribution in [0.25, 0.3) is 0 Å². The number of hydrogen-bond donors (Lipinski definition) is 1. The Balaban J connectivity index is 2.30. The fraction of sp³-hybridized carbons (Fsp3) is 0.286. The summed E-state index contributed by atoms with van der Waals surface area (Å²) < 4.78 is 0. The zero-order valence-corrected chi connectivity index (χ0v) is 12.6. The highest BCUT2D eigenvalue weighted by Gasteiger charge is 2.20. The molecule has 20 heavy (non-hydrogen) atoms. The van der Waals surface area contributed by atoms with Gasteiger partial charge in [-0.15, -0.1) is 11.3 Å². The predicted molar refractivity (Wildman–Crippen MR) is 82.5 cm³/mol. The number of rotatable bonds is 6. The van der Waals surface area contributed by atoms with Crippen molar-refractivity contribution in [2.45, 2.75) is 19.4 Å². The summed E-state index contributed by atoms with van der Waals surface area (Å²) in [4.78, 5) is 11.8. The average Bonchev–Trinajstić information content (AvgIpc) is 2.85. The fourth-order valence-corrected chi connectivity index (χ4v) is 3.40. The minimum absolute atomic E-state index is 0.00593. The molecule has 0 saturated carbocycles. The monoisotopic (exact) mass is 310 g/mol. The Morgan fingerprint density at radius 3 is 2.75 bits per heavy atom. The summed E-state index contributed by atoms with van der Waals surface area (Å²) in [5.41, 5.74) is 0.871. The highest BCUT2D eigenvalue weighted by atomic mass is 35.5. The Kier molecular flexibility index (Phi) is 5.11. The van der Waals surface area contributed by atoms with Crippen LogP contribution in [0.2, 0.25) is 5.02 Å². The molecule has 0 fully saturated rings. The van der Waals surface area contributed by atoms with E-state index in [4.69, 9.17) is 11.6 Å². The van der Waals surface area contributed by atoms with Gasteiger partial charge in [0.15, 0.2) is 0 Å². The van der Waals surface area contributed by atoms with E-state index in [0.29, 0.717) is 17.0 Å². The standard InChI is InChI=1S/C14H15ClN2O2S/c1-2-16-12(14-11(15)7-8-20-14)9-10-5-3-4-6-13(10)17(18)19/h3-8,12,16H,2,9H2,1H3. The molecule has 1 heterocycles. The molecule has 0 aliphatic carbocycles. The molecule has 1 aromatic heterocycles. The number of nitrogens with one attached hydrogen (secondary N) is 1. The van der Waals surface area contributed by atoms with Crippen molar-refractivity contribution in [3.8, 4) is 0 Å². The molecule has 0 aliphatic heterocycles. The fourth-order valence-electron chi connectivity index (χ4n) is 2.14. The normalized spacial score (nSPS) is 12.3. The first-order chi connectivity index (χ1) is 9.63. The number of benzene rings is 1. The van der Waals surface area contributed by atoms with Crippen molar-refractivity contribution in [1.29, 1.82) is 0 Å². The molecule has 6 heteroatoms. The predicted octanol–water partition coefficient (Wildman–Crippen LogP) is 4.20. The number of para-hydroxylation sites is 1. The van der Waals surface area contributed by atoms with Gasteiger partial charge >= 0.3 is 0 Å². The van der Waals surface area contributed by atoms with Gasteiger partial charge in [0.2, 0.25) is 0 Å².